The standard InChI is InChI=1S/C23H28F3N7O2/c1-13(2)19-29-16(28-14(3)18-15(23(24,25)26)6-5-9-27-18)12-17(30-19)33-10-7-22(8-11-33)20(34)32(4)21(35)31-22/h5-6,9,12-14H,7-8,10-11H2,1-4H3,(H,31,35)(H,28,29,30). The minimum Gasteiger partial charge on any atom is -0.362 e. The number of hydrogen-bond acceptors (Lipinski definition) is 7. The number of piperidine rings is 1. The Bertz CT molecular complexity index is 1130. The van der Waals surface area contributed by atoms with Crippen LogP contribution in [-0.4, -0.2) is 57.5 Å². The molecule has 1 spiro atoms. The first-order chi connectivity index (χ1) is 16.4. The first kappa shape index (κ1) is 24.7. The highest BCUT2D eigenvalue weighted by Gasteiger charge is 2.51. The van der Waals surface area contributed by atoms with E-state index in [1.54, 1.807) is 13.0 Å². The molecule has 2 aliphatic heterocycles. The summed E-state index contributed by atoms with van der Waals surface area (Å²) in [6, 6.07) is 2.80. The number of carbonyl (C=O) groups excluding carboxylic acids is 2. The highest BCUT2D eigenvalue weighted by molar-refractivity contribution is 6.06. The molecule has 2 aromatic heterocycles. The molecule has 1 atom stereocenters. The number of aromatic nitrogens is 3. The summed E-state index contributed by atoms with van der Waals surface area (Å²) in [5, 5.41) is 5.86. The minimum atomic E-state index is -4.52. The maximum atomic E-state index is 13.5. The van der Waals surface area contributed by atoms with Crippen molar-refractivity contribution in [3.63, 3.8) is 0 Å². The predicted octanol–water partition coefficient (Wildman–Crippen LogP) is 3.71. The molecule has 188 valence electrons. The Labute approximate surface area is 201 Å². The van der Waals surface area contributed by atoms with Crippen LogP contribution in [-0.2, 0) is 11.0 Å². The summed E-state index contributed by atoms with van der Waals surface area (Å²) in [4.78, 5) is 40.8. The lowest BCUT2D eigenvalue weighted by molar-refractivity contribution is -0.138. The summed E-state index contributed by atoms with van der Waals surface area (Å²) in [6.45, 7) is 6.41. The van der Waals surface area contributed by atoms with E-state index >= 15 is 0 Å². The van der Waals surface area contributed by atoms with Crippen molar-refractivity contribution in [2.75, 3.05) is 30.4 Å². The van der Waals surface area contributed by atoms with Crippen molar-refractivity contribution in [1.82, 2.24) is 25.2 Å². The molecule has 12 heteroatoms. The van der Waals surface area contributed by atoms with Crippen molar-refractivity contribution in [2.45, 2.75) is 57.3 Å². The van der Waals surface area contributed by atoms with Gasteiger partial charge in [0.1, 0.15) is 23.0 Å². The number of anilines is 2. The molecule has 1 unspecified atom stereocenters. The first-order valence-electron chi connectivity index (χ1n) is 11.4. The van der Waals surface area contributed by atoms with Crippen LogP contribution in [0.15, 0.2) is 24.4 Å². The summed E-state index contributed by atoms with van der Waals surface area (Å²) in [5.74, 6) is 1.27. The zero-order valence-corrected chi connectivity index (χ0v) is 20.0. The number of likely N-dealkylation sites (N-methyl/N-ethyl adjacent to an activating group) is 1. The topological polar surface area (TPSA) is 103 Å². The number of nitrogens with zero attached hydrogens (tertiary/aromatic N) is 5. The molecule has 35 heavy (non-hydrogen) atoms. The number of carbonyl (C=O) groups is 2. The van der Waals surface area contributed by atoms with Gasteiger partial charge >= 0.3 is 12.2 Å². The quantitative estimate of drug-likeness (QED) is 0.615. The highest BCUT2D eigenvalue weighted by Crippen LogP contribution is 2.35. The molecule has 0 saturated carbocycles. The van der Waals surface area contributed by atoms with Crippen LogP contribution in [0.2, 0.25) is 0 Å². The van der Waals surface area contributed by atoms with Crippen LogP contribution in [0, 0.1) is 0 Å². The molecule has 2 saturated heterocycles. The van der Waals surface area contributed by atoms with Crippen LogP contribution >= 0.6 is 0 Å². The number of nitrogens with one attached hydrogen (secondary N) is 2. The van der Waals surface area contributed by atoms with E-state index in [4.69, 9.17) is 0 Å². The molecule has 3 amide bonds. The van der Waals surface area contributed by atoms with Crippen LogP contribution in [0.1, 0.15) is 62.7 Å². The van der Waals surface area contributed by atoms with E-state index in [-0.39, 0.29) is 17.5 Å². The number of urea groups is 1. The van der Waals surface area contributed by atoms with E-state index in [9.17, 15) is 22.8 Å². The average molecular weight is 492 g/mol. The number of rotatable bonds is 5. The van der Waals surface area contributed by atoms with E-state index in [0.29, 0.717) is 43.4 Å². The van der Waals surface area contributed by atoms with E-state index in [0.717, 1.165) is 11.0 Å². The normalized spacial score (nSPS) is 18.9. The van der Waals surface area contributed by atoms with Gasteiger partial charge in [0.05, 0.1) is 17.3 Å². The lowest BCUT2D eigenvalue weighted by Crippen LogP contribution is -2.55. The summed E-state index contributed by atoms with van der Waals surface area (Å²) < 4.78 is 40.4. The third kappa shape index (κ3) is 4.73. The van der Waals surface area contributed by atoms with Crippen LogP contribution in [0.5, 0.6) is 0 Å². The van der Waals surface area contributed by atoms with Gasteiger partial charge in [-0.2, -0.15) is 13.2 Å². The summed E-state index contributed by atoms with van der Waals surface area (Å²) in [7, 11) is 1.46. The van der Waals surface area contributed by atoms with Crippen LogP contribution in [0.4, 0.5) is 29.6 Å². The lowest BCUT2D eigenvalue weighted by Gasteiger charge is -2.38. The Morgan fingerprint density at radius 1 is 1.14 bits per heavy atom. The van der Waals surface area contributed by atoms with Crippen molar-refractivity contribution >= 4 is 23.6 Å². The third-order valence-electron chi connectivity index (χ3n) is 6.47. The maximum Gasteiger partial charge on any atom is 0.418 e. The average Bonchev–Trinajstić information content (AvgIpc) is 3.02. The number of alkyl halides is 3. The fourth-order valence-electron chi connectivity index (χ4n) is 4.45. The van der Waals surface area contributed by atoms with E-state index in [1.807, 2.05) is 18.7 Å². The Morgan fingerprint density at radius 3 is 2.40 bits per heavy atom. The molecular formula is C23H28F3N7O2. The predicted molar refractivity (Wildman–Crippen MR) is 123 cm³/mol. The molecule has 0 radical (unpaired) electrons. The van der Waals surface area contributed by atoms with E-state index < -0.39 is 29.4 Å². The molecule has 0 aromatic carbocycles. The van der Waals surface area contributed by atoms with Crippen molar-refractivity contribution in [3.05, 3.63) is 41.5 Å². The zero-order valence-electron chi connectivity index (χ0n) is 20.0. The number of hydrogen-bond donors (Lipinski definition) is 2. The number of imide groups is 1. The molecule has 4 heterocycles. The molecule has 9 nitrogen and oxygen atoms in total. The van der Waals surface area contributed by atoms with Gasteiger partial charge in [0, 0.05) is 38.3 Å². The zero-order chi connectivity index (χ0) is 25.5. The molecule has 4 rings (SSSR count). The summed E-state index contributed by atoms with van der Waals surface area (Å²) in [6.07, 6.45) is -2.35. The van der Waals surface area contributed by atoms with Gasteiger partial charge in [0.15, 0.2) is 0 Å². The number of amides is 3. The second-order valence-corrected chi connectivity index (χ2v) is 9.29. The van der Waals surface area contributed by atoms with Crippen molar-refractivity contribution in [1.29, 1.82) is 0 Å². The minimum absolute atomic E-state index is 0.0214. The second-order valence-electron chi connectivity index (χ2n) is 9.29. The Morgan fingerprint density at radius 2 is 1.83 bits per heavy atom. The lowest BCUT2D eigenvalue weighted by atomic mass is 9.87. The number of pyridine rings is 1. The van der Waals surface area contributed by atoms with Crippen LogP contribution in [0.3, 0.4) is 0 Å². The van der Waals surface area contributed by atoms with E-state index in [2.05, 4.69) is 25.6 Å². The van der Waals surface area contributed by atoms with Gasteiger partial charge in [-0.05, 0) is 31.9 Å². The largest absolute Gasteiger partial charge is 0.418 e. The monoisotopic (exact) mass is 491 g/mol. The Hall–Kier alpha value is -3.44. The third-order valence-corrected chi connectivity index (χ3v) is 6.47. The molecular weight excluding hydrogens is 463 g/mol. The van der Waals surface area contributed by atoms with Gasteiger partial charge in [-0.15, -0.1) is 0 Å². The Kier molecular flexibility index (Phi) is 6.32. The first-order valence-corrected chi connectivity index (χ1v) is 11.4. The molecule has 0 aliphatic carbocycles. The van der Waals surface area contributed by atoms with Crippen molar-refractivity contribution < 1.29 is 22.8 Å². The maximum absolute atomic E-state index is 13.5. The summed E-state index contributed by atoms with van der Waals surface area (Å²) >= 11 is 0. The molecule has 0 bridgehead atoms. The Balaban J connectivity index is 1.57. The molecule has 2 aromatic rings. The van der Waals surface area contributed by atoms with Gasteiger partial charge in [-0.3, -0.25) is 14.7 Å². The molecule has 2 aliphatic rings. The second kappa shape index (κ2) is 8.97. The van der Waals surface area contributed by atoms with Crippen LogP contribution in [0.25, 0.3) is 0 Å². The van der Waals surface area contributed by atoms with Gasteiger partial charge in [0.2, 0.25) is 0 Å². The SMILES string of the molecule is CC(C)c1nc(NC(C)c2ncccc2C(F)(F)F)cc(N2CCC3(CC2)NC(=O)N(C)C3=O)n1. The van der Waals surface area contributed by atoms with Gasteiger partial charge in [-0.25, -0.2) is 14.8 Å². The molecule has 2 N–H and O–H groups in total. The van der Waals surface area contributed by atoms with E-state index in [1.165, 1.54) is 19.3 Å². The highest BCUT2D eigenvalue weighted by atomic mass is 19.4. The van der Waals surface area contributed by atoms with Crippen molar-refractivity contribution in [2.24, 2.45) is 0 Å². The smallest absolute Gasteiger partial charge is 0.362 e. The van der Waals surface area contributed by atoms with Crippen molar-refractivity contribution in [3.8, 4) is 0 Å². The molecule has 2 fully saturated rings. The number of halogens is 3. The van der Waals surface area contributed by atoms with Gasteiger partial charge in [0.25, 0.3) is 5.91 Å². The van der Waals surface area contributed by atoms with Gasteiger partial charge in [-0.1, -0.05) is 13.8 Å². The van der Waals surface area contributed by atoms with Gasteiger partial charge < -0.3 is 15.5 Å². The fraction of sp³-hybridized carbons (Fsp3) is 0.522. The fourth-order valence-corrected chi connectivity index (χ4v) is 4.45. The summed E-state index contributed by atoms with van der Waals surface area (Å²) in [5.41, 5.74) is -1.82. The van der Waals surface area contributed by atoms with Crippen LogP contribution < -0.4 is 15.5 Å².